The Morgan fingerprint density at radius 1 is 1.23 bits per heavy atom. The fourth-order valence-corrected chi connectivity index (χ4v) is 3.89. The summed E-state index contributed by atoms with van der Waals surface area (Å²) in [5.74, 6) is 1.16. The van der Waals surface area contributed by atoms with E-state index in [-0.39, 0.29) is 17.0 Å². The van der Waals surface area contributed by atoms with E-state index in [1.807, 2.05) is 0 Å². The number of pyridine rings is 1. The summed E-state index contributed by atoms with van der Waals surface area (Å²) >= 11 is 0. The number of sulfone groups is 1. The van der Waals surface area contributed by atoms with Gasteiger partial charge in [0.2, 0.25) is 0 Å². The standard InChI is InChI=1S/C21H22N4O5S/c1-24-10-8-19(23-24)25(16-9-11-29-14-16)21(26)15-4-3-5-17(12-15)30-18-6-7-20(22-13-18)31(2,27)28/h3-8,10,12-13,16H,9,11,14H2,1-2H3. The number of rotatable bonds is 6. The van der Waals surface area contributed by atoms with Crippen LogP contribution < -0.4 is 9.64 Å². The molecule has 1 saturated heterocycles. The number of carbonyl (C=O) groups is 1. The third-order valence-corrected chi connectivity index (χ3v) is 5.84. The Kier molecular flexibility index (Phi) is 5.75. The lowest BCUT2D eigenvalue weighted by Crippen LogP contribution is -2.41. The molecule has 0 aliphatic carbocycles. The lowest BCUT2D eigenvalue weighted by Gasteiger charge is -2.26. The second kappa shape index (κ2) is 8.48. The van der Waals surface area contributed by atoms with Gasteiger partial charge in [-0.1, -0.05) is 6.07 Å². The summed E-state index contributed by atoms with van der Waals surface area (Å²) in [6, 6.07) is 11.4. The van der Waals surface area contributed by atoms with E-state index >= 15 is 0 Å². The first-order valence-electron chi connectivity index (χ1n) is 9.66. The zero-order valence-corrected chi connectivity index (χ0v) is 17.9. The van der Waals surface area contributed by atoms with Crippen molar-refractivity contribution in [3.8, 4) is 11.5 Å². The average molecular weight is 442 g/mol. The Morgan fingerprint density at radius 2 is 2.06 bits per heavy atom. The third kappa shape index (κ3) is 4.75. The van der Waals surface area contributed by atoms with Crippen molar-refractivity contribution in [3.05, 3.63) is 60.4 Å². The van der Waals surface area contributed by atoms with E-state index in [1.165, 1.54) is 18.3 Å². The number of aryl methyl sites for hydroxylation is 1. The summed E-state index contributed by atoms with van der Waals surface area (Å²) in [6.45, 7) is 1.05. The highest BCUT2D eigenvalue weighted by Crippen LogP contribution is 2.26. The fraction of sp³-hybridized carbons (Fsp3) is 0.286. The fourth-order valence-electron chi connectivity index (χ4n) is 3.33. The van der Waals surface area contributed by atoms with E-state index in [0.29, 0.717) is 36.1 Å². The van der Waals surface area contributed by atoms with Crippen molar-refractivity contribution in [2.75, 3.05) is 24.4 Å². The molecule has 4 rings (SSSR count). The van der Waals surface area contributed by atoms with E-state index in [0.717, 1.165) is 12.7 Å². The maximum Gasteiger partial charge on any atom is 0.259 e. The topological polar surface area (TPSA) is 104 Å². The summed E-state index contributed by atoms with van der Waals surface area (Å²) in [5, 5.41) is 4.36. The van der Waals surface area contributed by atoms with Crippen LogP contribution in [-0.4, -0.2) is 54.6 Å². The van der Waals surface area contributed by atoms with Crippen LogP contribution in [0.4, 0.5) is 5.82 Å². The van der Waals surface area contributed by atoms with Crippen LogP contribution in [0.1, 0.15) is 16.8 Å². The van der Waals surface area contributed by atoms with Crippen LogP contribution in [0.3, 0.4) is 0 Å². The molecular formula is C21H22N4O5S. The molecule has 3 heterocycles. The van der Waals surface area contributed by atoms with Gasteiger partial charge in [0.05, 0.1) is 18.8 Å². The number of hydrogen-bond acceptors (Lipinski definition) is 7. The van der Waals surface area contributed by atoms with Gasteiger partial charge in [0.15, 0.2) is 20.7 Å². The molecule has 1 unspecified atom stereocenters. The molecule has 3 aromatic rings. The quantitative estimate of drug-likeness (QED) is 0.578. The van der Waals surface area contributed by atoms with Crippen LogP contribution in [0.5, 0.6) is 11.5 Å². The molecule has 1 aliphatic rings. The van der Waals surface area contributed by atoms with Gasteiger partial charge in [-0.3, -0.25) is 14.4 Å². The van der Waals surface area contributed by atoms with Gasteiger partial charge in [-0.15, -0.1) is 0 Å². The van der Waals surface area contributed by atoms with Gasteiger partial charge in [0, 0.05) is 37.7 Å². The van der Waals surface area contributed by atoms with Crippen LogP contribution in [0.25, 0.3) is 0 Å². The highest BCUT2D eigenvalue weighted by atomic mass is 32.2. The zero-order chi connectivity index (χ0) is 22.0. The van der Waals surface area contributed by atoms with E-state index in [4.69, 9.17) is 9.47 Å². The second-order valence-corrected chi connectivity index (χ2v) is 9.24. The maximum absolute atomic E-state index is 13.4. The van der Waals surface area contributed by atoms with Gasteiger partial charge in [-0.05, 0) is 36.8 Å². The number of hydrogen-bond donors (Lipinski definition) is 0. The molecule has 1 aliphatic heterocycles. The summed E-state index contributed by atoms with van der Waals surface area (Å²) in [4.78, 5) is 19.0. The van der Waals surface area contributed by atoms with Gasteiger partial charge in [-0.25, -0.2) is 13.4 Å². The van der Waals surface area contributed by atoms with Crippen molar-refractivity contribution in [1.82, 2.24) is 14.8 Å². The molecule has 1 atom stereocenters. The third-order valence-electron chi connectivity index (χ3n) is 4.84. The molecule has 31 heavy (non-hydrogen) atoms. The SMILES string of the molecule is Cn1ccc(N(C(=O)c2cccc(Oc3ccc(S(C)(=O)=O)nc3)c2)C2CCOC2)n1. The summed E-state index contributed by atoms with van der Waals surface area (Å²) < 4.78 is 36.0. The van der Waals surface area contributed by atoms with Gasteiger partial charge in [0.25, 0.3) is 5.91 Å². The number of amides is 1. The molecule has 1 fully saturated rings. The molecule has 2 aromatic heterocycles. The Hall–Kier alpha value is -3.24. The number of nitrogens with zero attached hydrogens (tertiary/aromatic N) is 4. The Balaban J connectivity index is 1.58. The molecule has 0 spiro atoms. The van der Waals surface area contributed by atoms with Gasteiger partial charge in [-0.2, -0.15) is 5.10 Å². The molecule has 0 bridgehead atoms. The van der Waals surface area contributed by atoms with E-state index < -0.39 is 9.84 Å². The maximum atomic E-state index is 13.4. The monoisotopic (exact) mass is 442 g/mol. The summed E-state index contributed by atoms with van der Waals surface area (Å²) in [6.07, 6.45) is 4.95. The minimum atomic E-state index is -3.39. The van der Waals surface area contributed by atoms with Crippen LogP contribution in [0, 0.1) is 0 Å². The smallest absolute Gasteiger partial charge is 0.259 e. The minimum absolute atomic E-state index is 0.0337. The first-order valence-corrected chi connectivity index (χ1v) is 11.6. The van der Waals surface area contributed by atoms with Crippen molar-refractivity contribution in [1.29, 1.82) is 0 Å². The van der Waals surface area contributed by atoms with Crippen molar-refractivity contribution < 1.29 is 22.7 Å². The predicted octanol–water partition coefficient (Wildman–Crippen LogP) is 2.45. The van der Waals surface area contributed by atoms with E-state index in [2.05, 4.69) is 10.1 Å². The van der Waals surface area contributed by atoms with Crippen molar-refractivity contribution in [2.45, 2.75) is 17.5 Å². The number of benzene rings is 1. The van der Waals surface area contributed by atoms with E-state index in [1.54, 1.807) is 53.2 Å². The molecule has 9 nitrogen and oxygen atoms in total. The second-order valence-electron chi connectivity index (χ2n) is 7.27. The molecule has 1 amide bonds. The highest BCUT2D eigenvalue weighted by molar-refractivity contribution is 7.90. The van der Waals surface area contributed by atoms with Crippen molar-refractivity contribution in [2.24, 2.45) is 7.05 Å². The first kappa shape index (κ1) is 21.0. The van der Waals surface area contributed by atoms with Gasteiger partial charge < -0.3 is 9.47 Å². The Labute approximate surface area is 180 Å². The normalized spacial score (nSPS) is 16.3. The number of carbonyl (C=O) groups excluding carboxylic acids is 1. The van der Waals surface area contributed by atoms with Crippen LogP contribution in [0.15, 0.2) is 59.9 Å². The van der Waals surface area contributed by atoms with Crippen LogP contribution >= 0.6 is 0 Å². The Bertz CT molecular complexity index is 1180. The lowest BCUT2D eigenvalue weighted by molar-refractivity contribution is 0.0970. The number of aromatic nitrogens is 3. The van der Waals surface area contributed by atoms with Crippen LogP contribution in [0.2, 0.25) is 0 Å². The molecule has 1 aromatic carbocycles. The number of anilines is 1. The molecule has 162 valence electrons. The zero-order valence-electron chi connectivity index (χ0n) is 17.1. The van der Waals surface area contributed by atoms with Crippen molar-refractivity contribution >= 4 is 21.6 Å². The van der Waals surface area contributed by atoms with Gasteiger partial charge in [0.1, 0.15) is 11.5 Å². The highest BCUT2D eigenvalue weighted by Gasteiger charge is 2.31. The van der Waals surface area contributed by atoms with Gasteiger partial charge >= 0.3 is 0 Å². The first-order chi connectivity index (χ1) is 14.8. The number of ether oxygens (including phenoxy) is 2. The average Bonchev–Trinajstić information content (AvgIpc) is 3.41. The van der Waals surface area contributed by atoms with Crippen LogP contribution in [-0.2, 0) is 21.6 Å². The van der Waals surface area contributed by atoms with Crippen molar-refractivity contribution in [3.63, 3.8) is 0 Å². The molecular weight excluding hydrogens is 420 g/mol. The molecule has 0 radical (unpaired) electrons. The largest absolute Gasteiger partial charge is 0.456 e. The molecule has 10 heteroatoms. The summed E-state index contributed by atoms with van der Waals surface area (Å²) in [7, 11) is -1.59. The summed E-state index contributed by atoms with van der Waals surface area (Å²) in [5.41, 5.74) is 0.441. The Morgan fingerprint density at radius 3 is 2.68 bits per heavy atom. The molecule has 0 saturated carbocycles. The van der Waals surface area contributed by atoms with E-state index in [9.17, 15) is 13.2 Å². The molecule has 0 N–H and O–H groups in total. The lowest BCUT2D eigenvalue weighted by atomic mass is 10.1. The predicted molar refractivity (Wildman–Crippen MR) is 113 cm³/mol. The minimum Gasteiger partial charge on any atom is -0.456 e.